The first-order valence-electron chi connectivity index (χ1n) is 8.78. The molecule has 1 heterocycles. The number of allylic oxidation sites excluding steroid dienone is 1. The number of benzene rings is 2. The number of alkyl halides is 3. The van der Waals surface area contributed by atoms with Crippen LogP contribution in [0.25, 0.3) is 17.5 Å². The molecule has 0 unspecified atom stereocenters. The molecule has 0 amide bonds. The van der Waals surface area contributed by atoms with Gasteiger partial charge in [-0.15, -0.1) is 0 Å². The van der Waals surface area contributed by atoms with Gasteiger partial charge in [-0.05, 0) is 61.9 Å². The lowest BCUT2D eigenvalue weighted by molar-refractivity contribution is -0.137. The van der Waals surface area contributed by atoms with Gasteiger partial charge in [-0.2, -0.15) is 13.2 Å². The van der Waals surface area contributed by atoms with Gasteiger partial charge < -0.3 is 9.15 Å². The van der Waals surface area contributed by atoms with Gasteiger partial charge in [-0.25, -0.2) is 4.98 Å². The van der Waals surface area contributed by atoms with Crippen molar-refractivity contribution in [1.82, 2.24) is 4.98 Å². The Hall–Kier alpha value is -3.35. The Morgan fingerprint density at radius 1 is 1.17 bits per heavy atom. The first-order valence-corrected chi connectivity index (χ1v) is 8.78. The largest absolute Gasteiger partial charge is 0.487 e. The molecule has 0 saturated heterocycles. The van der Waals surface area contributed by atoms with Crippen molar-refractivity contribution in [2.24, 2.45) is 0 Å². The van der Waals surface area contributed by atoms with Gasteiger partial charge in [0.05, 0.1) is 5.56 Å². The third-order valence-electron chi connectivity index (χ3n) is 4.10. The fourth-order valence-electron chi connectivity index (χ4n) is 2.56. The van der Waals surface area contributed by atoms with Crippen LogP contribution in [0.3, 0.4) is 0 Å². The first kappa shape index (κ1) is 20.4. The number of rotatable bonds is 6. The van der Waals surface area contributed by atoms with Crippen molar-refractivity contribution in [2.45, 2.75) is 26.6 Å². The van der Waals surface area contributed by atoms with Crippen molar-refractivity contribution in [3.63, 3.8) is 0 Å². The van der Waals surface area contributed by atoms with Crippen LogP contribution in [0.1, 0.15) is 29.5 Å². The van der Waals surface area contributed by atoms with E-state index in [0.29, 0.717) is 22.8 Å². The highest BCUT2D eigenvalue weighted by molar-refractivity contribution is 5.91. The van der Waals surface area contributed by atoms with Gasteiger partial charge in [0.2, 0.25) is 5.89 Å². The van der Waals surface area contributed by atoms with Crippen LogP contribution in [0.2, 0.25) is 0 Å². The van der Waals surface area contributed by atoms with Crippen molar-refractivity contribution in [3.05, 3.63) is 77.2 Å². The summed E-state index contributed by atoms with van der Waals surface area (Å²) >= 11 is 0. The fourth-order valence-corrected chi connectivity index (χ4v) is 2.56. The highest BCUT2D eigenvalue weighted by Crippen LogP contribution is 2.31. The van der Waals surface area contributed by atoms with Crippen LogP contribution < -0.4 is 4.74 Å². The molecule has 3 rings (SSSR count). The molecule has 0 N–H and O–H groups in total. The van der Waals surface area contributed by atoms with Crippen molar-refractivity contribution in [1.29, 1.82) is 0 Å². The molecule has 0 radical (unpaired) electrons. The van der Waals surface area contributed by atoms with E-state index in [4.69, 9.17) is 9.15 Å². The first-order chi connectivity index (χ1) is 13.7. The van der Waals surface area contributed by atoms with E-state index >= 15 is 0 Å². The van der Waals surface area contributed by atoms with Gasteiger partial charge in [-0.3, -0.25) is 4.79 Å². The maximum Gasteiger partial charge on any atom is 0.416 e. The zero-order valence-electron chi connectivity index (χ0n) is 15.8. The summed E-state index contributed by atoms with van der Waals surface area (Å²) in [6.07, 6.45) is -1.23. The second-order valence-electron chi connectivity index (χ2n) is 6.40. The summed E-state index contributed by atoms with van der Waals surface area (Å²) in [4.78, 5) is 15.4. The Labute approximate surface area is 165 Å². The molecule has 0 aliphatic carbocycles. The maximum atomic E-state index is 12.7. The van der Waals surface area contributed by atoms with Gasteiger partial charge in [0.15, 0.2) is 5.78 Å². The third kappa shape index (κ3) is 5.34. The number of nitrogens with zero attached hydrogens (tertiary/aromatic N) is 1. The molecule has 0 fully saturated rings. The minimum absolute atomic E-state index is 0.0506. The van der Waals surface area contributed by atoms with E-state index in [2.05, 4.69) is 4.98 Å². The highest BCUT2D eigenvalue weighted by atomic mass is 19.4. The van der Waals surface area contributed by atoms with E-state index in [-0.39, 0.29) is 18.3 Å². The number of halogens is 3. The molecule has 0 spiro atoms. The van der Waals surface area contributed by atoms with E-state index in [9.17, 15) is 18.0 Å². The van der Waals surface area contributed by atoms with E-state index in [0.717, 1.165) is 17.7 Å². The van der Waals surface area contributed by atoms with Crippen LogP contribution in [0.5, 0.6) is 5.75 Å². The standard InChI is InChI=1S/C22H18F3NO3/c1-14(27)6-7-16-4-3-5-19(12-16)28-13-20-15(2)29-21(26-20)17-8-10-18(11-9-17)22(23,24)25/h3-12H,13H2,1-2H3. The number of carbonyl (C=O) groups excluding carboxylic acids is 1. The number of hydrogen-bond acceptors (Lipinski definition) is 4. The van der Waals surface area contributed by atoms with Crippen LogP contribution in [0, 0.1) is 6.92 Å². The number of aromatic nitrogens is 1. The molecule has 4 nitrogen and oxygen atoms in total. The van der Waals surface area contributed by atoms with Crippen LogP contribution in [0.4, 0.5) is 13.2 Å². The SMILES string of the molecule is CC(=O)C=Cc1cccc(OCc2nc(-c3ccc(C(F)(F)F)cc3)oc2C)c1. The number of ketones is 1. The lowest BCUT2D eigenvalue weighted by Gasteiger charge is -2.06. The number of aryl methyl sites for hydroxylation is 1. The predicted molar refractivity (Wildman–Crippen MR) is 102 cm³/mol. The predicted octanol–water partition coefficient (Wildman–Crippen LogP) is 5.85. The van der Waals surface area contributed by atoms with E-state index in [1.54, 1.807) is 31.2 Å². The lowest BCUT2D eigenvalue weighted by atomic mass is 10.1. The Balaban J connectivity index is 1.71. The number of oxazole rings is 1. The molecule has 0 aliphatic rings. The molecule has 0 saturated carbocycles. The van der Waals surface area contributed by atoms with Gasteiger partial charge in [0.25, 0.3) is 0 Å². The average Bonchev–Trinajstić information content (AvgIpc) is 3.05. The van der Waals surface area contributed by atoms with Crippen molar-refractivity contribution >= 4 is 11.9 Å². The highest BCUT2D eigenvalue weighted by Gasteiger charge is 2.30. The zero-order valence-corrected chi connectivity index (χ0v) is 15.8. The van der Waals surface area contributed by atoms with Gasteiger partial charge in [0.1, 0.15) is 23.8 Å². The van der Waals surface area contributed by atoms with E-state index in [1.807, 2.05) is 6.07 Å². The molecule has 0 bridgehead atoms. The Morgan fingerprint density at radius 3 is 2.55 bits per heavy atom. The minimum Gasteiger partial charge on any atom is -0.487 e. The summed E-state index contributed by atoms with van der Waals surface area (Å²) in [5.74, 6) is 1.29. The second kappa shape index (κ2) is 8.34. The summed E-state index contributed by atoms with van der Waals surface area (Å²) in [6, 6.07) is 11.8. The summed E-state index contributed by atoms with van der Waals surface area (Å²) in [5, 5.41) is 0. The molecule has 1 aromatic heterocycles. The van der Waals surface area contributed by atoms with Gasteiger partial charge >= 0.3 is 6.18 Å². The molecule has 150 valence electrons. The Kier molecular flexibility index (Phi) is 5.87. The molecule has 2 aromatic carbocycles. The Morgan fingerprint density at radius 2 is 1.90 bits per heavy atom. The molecule has 3 aromatic rings. The summed E-state index contributed by atoms with van der Waals surface area (Å²) in [7, 11) is 0. The van der Waals surface area contributed by atoms with Crippen LogP contribution in [-0.4, -0.2) is 10.8 Å². The Bertz CT molecular complexity index is 1030. The summed E-state index contributed by atoms with van der Waals surface area (Å²) < 4.78 is 49.4. The van der Waals surface area contributed by atoms with Crippen molar-refractivity contribution in [3.8, 4) is 17.2 Å². The van der Waals surface area contributed by atoms with Crippen LogP contribution in [0.15, 0.2) is 59.0 Å². The number of hydrogen-bond donors (Lipinski definition) is 0. The van der Waals surface area contributed by atoms with Crippen LogP contribution >= 0.6 is 0 Å². The minimum atomic E-state index is -4.39. The summed E-state index contributed by atoms with van der Waals surface area (Å²) in [6.45, 7) is 3.32. The molecule has 0 atom stereocenters. The molecular weight excluding hydrogens is 383 g/mol. The molecule has 29 heavy (non-hydrogen) atoms. The quantitative estimate of drug-likeness (QED) is 0.486. The van der Waals surface area contributed by atoms with Gasteiger partial charge in [0, 0.05) is 5.56 Å². The number of ether oxygens (including phenoxy) is 1. The van der Waals surface area contributed by atoms with Crippen molar-refractivity contribution in [2.75, 3.05) is 0 Å². The summed E-state index contributed by atoms with van der Waals surface area (Å²) in [5.41, 5.74) is 1.08. The monoisotopic (exact) mass is 401 g/mol. The lowest BCUT2D eigenvalue weighted by Crippen LogP contribution is -2.04. The fraction of sp³-hybridized carbons (Fsp3) is 0.182. The van der Waals surface area contributed by atoms with Crippen LogP contribution in [-0.2, 0) is 17.6 Å². The average molecular weight is 401 g/mol. The third-order valence-corrected chi connectivity index (χ3v) is 4.10. The number of carbonyl (C=O) groups is 1. The zero-order chi connectivity index (χ0) is 21.0. The normalized spacial score (nSPS) is 11.8. The molecule has 7 heteroatoms. The topological polar surface area (TPSA) is 52.3 Å². The van der Waals surface area contributed by atoms with E-state index < -0.39 is 11.7 Å². The van der Waals surface area contributed by atoms with Gasteiger partial charge in [-0.1, -0.05) is 18.2 Å². The molecule has 0 aliphatic heterocycles. The molecular formula is C22H18F3NO3. The smallest absolute Gasteiger partial charge is 0.416 e. The maximum absolute atomic E-state index is 12.7. The van der Waals surface area contributed by atoms with E-state index in [1.165, 1.54) is 25.1 Å². The van der Waals surface area contributed by atoms with Crippen molar-refractivity contribution < 1.29 is 27.1 Å². The second-order valence-corrected chi connectivity index (χ2v) is 6.40.